The highest BCUT2D eigenvalue weighted by molar-refractivity contribution is 7.19. The molecular formula is C7H14ClNSi. The highest BCUT2D eigenvalue weighted by Gasteiger charge is 2.21. The SMILES string of the molecule is CCC(C#N)C[Si](C)(C)Cl. The molecule has 0 aromatic rings. The molecule has 0 saturated heterocycles. The van der Waals surface area contributed by atoms with Gasteiger partial charge in [0.15, 0.2) is 7.38 Å². The van der Waals surface area contributed by atoms with Gasteiger partial charge in [-0.25, -0.2) is 0 Å². The Hall–Kier alpha value is -0.00312. The van der Waals surface area contributed by atoms with Crippen molar-refractivity contribution < 1.29 is 0 Å². The van der Waals surface area contributed by atoms with Gasteiger partial charge in [-0.15, -0.1) is 0 Å². The molecule has 0 aliphatic heterocycles. The van der Waals surface area contributed by atoms with Crippen molar-refractivity contribution in [2.24, 2.45) is 5.92 Å². The summed E-state index contributed by atoms with van der Waals surface area (Å²) >= 11 is 6.07. The molecule has 1 unspecified atom stereocenters. The van der Waals surface area contributed by atoms with E-state index in [1.165, 1.54) is 0 Å². The van der Waals surface area contributed by atoms with E-state index in [9.17, 15) is 0 Å². The lowest BCUT2D eigenvalue weighted by molar-refractivity contribution is 0.703. The third-order valence-corrected chi connectivity index (χ3v) is 3.33. The van der Waals surface area contributed by atoms with Crippen molar-refractivity contribution in [3.8, 4) is 6.07 Å². The highest BCUT2D eigenvalue weighted by atomic mass is 35.6. The first-order chi connectivity index (χ1) is 4.49. The van der Waals surface area contributed by atoms with E-state index in [2.05, 4.69) is 19.2 Å². The Balaban J connectivity index is 3.78. The number of hydrogen-bond donors (Lipinski definition) is 0. The molecule has 0 radical (unpaired) electrons. The molecule has 0 rings (SSSR count). The van der Waals surface area contributed by atoms with Gasteiger partial charge >= 0.3 is 0 Å². The minimum Gasteiger partial charge on any atom is -0.198 e. The molecule has 0 amide bonds. The van der Waals surface area contributed by atoms with E-state index in [1.807, 2.05) is 6.92 Å². The zero-order valence-electron chi connectivity index (χ0n) is 6.82. The van der Waals surface area contributed by atoms with Crippen LogP contribution in [0.25, 0.3) is 0 Å². The summed E-state index contributed by atoms with van der Waals surface area (Å²) < 4.78 is 0. The first kappa shape index (κ1) is 10.00. The van der Waals surface area contributed by atoms with Gasteiger partial charge in [0.25, 0.3) is 0 Å². The Kier molecular flexibility index (Phi) is 4.00. The molecule has 1 nitrogen and oxygen atoms in total. The van der Waals surface area contributed by atoms with Crippen LogP contribution < -0.4 is 0 Å². The number of nitrogens with zero attached hydrogens (tertiary/aromatic N) is 1. The largest absolute Gasteiger partial charge is 0.198 e. The quantitative estimate of drug-likeness (QED) is 0.478. The Labute approximate surface area is 68.7 Å². The van der Waals surface area contributed by atoms with Gasteiger partial charge in [0, 0.05) is 5.92 Å². The number of halogens is 1. The molecule has 0 saturated carbocycles. The molecular weight excluding hydrogens is 162 g/mol. The molecule has 0 bridgehead atoms. The van der Waals surface area contributed by atoms with E-state index in [-0.39, 0.29) is 5.92 Å². The van der Waals surface area contributed by atoms with E-state index in [4.69, 9.17) is 16.3 Å². The van der Waals surface area contributed by atoms with Crippen molar-refractivity contribution >= 4 is 18.5 Å². The molecule has 0 aromatic heterocycles. The van der Waals surface area contributed by atoms with Crippen LogP contribution >= 0.6 is 11.1 Å². The predicted octanol–water partition coefficient (Wildman–Crippen LogP) is 2.98. The monoisotopic (exact) mass is 175 g/mol. The summed E-state index contributed by atoms with van der Waals surface area (Å²) in [6.07, 6.45) is 0.930. The standard InChI is InChI=1S/C7H14ClNSi/c1-4-7(5-9)6-10(2,3)8/h7H,4,6H2,1-3H3. The number of nitriles is 1. The fraction of sp³-hybridized carbons (Fsp3) is 0.857. The van der Waals surface area contributed by atoms with E-state index in [0.717, 1.165) is 12.5 Å². The molecule has 1 atom stereocenters. The molecule has 0 fully saturated rings. The van der Waals surface area contributed by atoms with Gasteiger partial charge in [0.05, 0.1) is 6.07 Å². The lowest BCUT2D eigenvalue weighted by Crippen LogP contribution is -2.19. The number of hydrogen-bond acceptors (Lipinski definition) is 1. The predicted molar refractivity (Wildman–Crippen MR) is 47.5 cm³/mol. The maximum absolute atomic E-state index is 8.60. The van der Waals surface area contributed by atoms with Crippen molar-refractivity contribution in [3.05, 3.63) is 0 Å². The van der Waals surface area contributed by atoms with Crippen molar-refractivity contribution in [2.45, 2.75) is 32.5 Å². The molecule has 0 N–H and O–H groups in total. The van der Waals surface area contributed by atoms with Gasteiger partial charge in [0.2, 0.25) is 0 Å². The van der Waals surface area contributed by atoms with Gasteiger partial charge in [-0.2, -0.15) is 16.3 Å². The van der Waals surface area contributed by atoms with Gasteiger partial charge < -0.3 is 0 Å². The second-order valence-corrected chi connectivity index (χ2v) is 10.1. The van der Waals surface area contributed by atoms with E-state index >= 15 is 0 Å². The summed E-state index contributed by atoms with van der Waals surface area (Å²) in [5.74, 6) is 0.180. The van der Waals surface area contributed by atoms with Crippen LogP contribution in [0.3, 0.4) is 0 Å². The molecule has 0 spiro atoms. The third kappa shape index (κ3) is 4.84. The molecule has 10 heavy (non-hydrogen) atoms. The second kappa shape index (κ2) is 4.00. The Morgan fingerprint density at radius 1 is 1.60 bits per heavy atom. The van der Waals surface area contributed by atoms with Crippen LogP contribution in [0.4, 0.5) is 0 Å². The van der Waals surface area contributed by atoms with E-state index < -0.39 is 7.38 Å². The molecule has 0 aromatic carbocycles. The Morgan fingerprint density at radius 3 is 2.20 bits per heavy atom. The van der Waals surface area contributed by atoms with Crippen LogP contribution in [-0.4, -0.2) is 7.38 Å². The van der Waals surface area contributed by atoms with Gasteiger partial charge in [-0.1, -0.05) is 20.0 Å². The topological polar surface area (TPSA) is 23.8 Å². The Morgan fingerprint density at radius 2 is 2.10 bits per heavy atom. The van der Waals surface area contributed by atoms with Crippen molar-refractivity contribution in [2.75, 3.05) is 0 Å². The maximum Gasteiger partial charge on any atom is 0.151 e. The first-order valence-corrected chi connectivity index (χ1v) is 7.80. The summed E-state index contributed by atoms with van der Waals surface area (Å²) in [4.78, 5) is 0. The minimum atomic E-state index is -1.51. The molecule has 0 aliphatic rings. The Bertz CT molecular complexity index is 134. The average Bonchev–Trinajstić information content (AvgIpc) is 1.81. The summed E-state index contributed by atoms with van der Waals surface area (Å²) in [7, 11) is -1.51. The first-order valence-electron chi connectivity index (χ1n) is 3.58. The van der Waals surface area contributed by atoms with Crippen LogP contribution in [0.1, 0.15) is 13.3 Å². The molecule has 0 aliphatic carbocycles. The van der Waals surface area contributed by atoms with Crippen LogP contribution in [0.15, 0.2) is 0 Å². The van der Waals surface area contributed by atoms with Crippen molar-refractivity contribution in [1.82, 2.24) is 0 Å². The zero-order valence-corrected chi connectivity index (χ0v) is 8.57. The summed E-state index contributed by atoms with van der Waals surface area (Å²) in [5.41, 5.74) is 0. The van der Waals surface area contributed by atoms with Gasteiger partial charge in [-0.05, 0) is 12.5 Å². The van der Waals surface area contributed by atoms with Crippen LogP contribution in [-0.2, 0) is 0 Å². The fourth-order valence-corrected chi connectivity index (χ4v) is 2.98. The van der Waals surface area contributed by atoms with Gasteiger partial charge in [0.1, 0.15) is 0 Å². The van der Waals surface area contributed by atoms with Crippen LogP contribution in [0.5, 0.6) is 0 Å². The lowest BCUT2D eigenvalue weighted by Gasteiger charge is -2.14. The van der Waals surface area contributed by atoms with E-state index in [0.29, 0.717) is 0 Å². The van der Waals surface area contributed by atoms with Crippen LogP contribution in [0, 0.1) is 17.2 Å². The molecule has 58 valence electrons. The van der Waals surface area contributed by atoms with Crippen molar-refractivity contribution in [3.63, 3.8) is 0 Å². The smallest absolute Gasteiger partial charge is 0.151 e. The highest BCUT2D eigenvalue weighted by Crippen LogP contribution is 2.21. The summed E-state index contributed by atoms with van der Waals surface area (Å²) in [6, 6.07) is 3.18. The summed E-state index contributed by atoms with van der Waals surface area (Å²) in [5, 5.41) is 8.60. The zero-order chi connectivity index (χ0) is 8.20. The fourth-order valence-electron chi connectivity index (χ4n) is 0.867. The normalized spacial score (nSPS) is 14.3. The maximum atomic E-state index is 8.60. The van der Waals surface area contributed by atoms with Gasteiger partial charge in [-0.3, -0.25) is 0 Å². The minimum absolute atomic E-state index is 0.180. The second-order valence-electron chi connectivity index (χ2n) is 3.16. The third-order valence-electron chi connectivity index (χ3n) is 1.41. The van der Waals surface area contributed by atoms with Crippen LogP contribution in [0.2, 0.25) is 19.1 Å². The van der Waals surface area contributed by atoms with E-state index in [1.54, 1.807) is 0 Å². The van der Waals surface area contributed by atoms with Crippen molar-refractivity contribution in [1.29, 1.82) is 5.26 Å². The molecule has 0 heterocycles. The lowest BCUT2D eigenvalue weighted by atomic mass is 10.1. The average molecular weight is 176 g/mol. The number of rotatable bonds is 3. The summed E-state index contributed by atoms with van der Waals surface area (Å²) in [6.45, 7) is 6.19. The molecule has 3 heteroatoms.